The first kappa shape index (κ1) is 12.1. The number of nitrogens with two attached hydrogens (primary N) is 1. The third-order valence-corrected chi connectivity index (χ3v) is 2.78. The van der Waals surface area contributed by atoms with Crippen LogP contribution in [0.5, 0.6) is 0 Å². The van der Waals surface area contributed by atoms with E-state index >= 15 is 0 Å². The summed E-state index contributed by atoms with van der Waals surface area (Å²) in [6, 6.07) is 3.16. The van der Waals surface area contributed by atoms with E-state index in [1.807, 2.05) is 6.08 Å². The molecule has 1 aromatic heterocycles. The maximum atomic E-state index is 10.9. The molecule has 0 radical (unpaired) electrons. The Labute approximate surface area is 104 Å². The van der Waals surface area contributed by atoms with Crippen molar-refractivity contribution in [3.63, 3.8) is 0 Å². The minimum atomic E-state index is -0.826. The zero-order chi connectivity index (χ0) is 13.1. The standard InChI is InChI=1S/C12H13N3O3/c13-11(16)8-2-4-10(14-6-8)15-9-3-1-7(5-9)12(17)18/h1-4,6-7,9H,5H2,(H2,13,16)(H,14,15)(H,17,18). The highest BCUT2D eigenvalue weighted by Crippen LogP contribution is 2.20. The summed E-state index contributed by atoms with van der Waals surface area (Å²) in [4.78, 5) is 25.7. The van der Waals surface area contributed by atoms with Crippen LogP contribution in [0.4, 0.5) is 5.82 Å². The van der Waals surface area contributed by atoms with E-state index in [2.05, 4.69) is 10.3 Å². The first-order valence-electron chi connectivity index (χ1n) is 5.50. The summed E-state index contributed by atoms with van der Waals surface area (Å²) < 4.78 is 0. The molecule has 1 heterocycles. The van der Waals surface area contributed by atoms with Crippen LogP contribution in [-0.4, -0.2) is 28.0 Å². The van der Waals surface area contributed by atoms with Crippen molar-refractivity contribution in [3.8, 4) is 0 Å². The van der Waals surface area contributed by atoms with E-state index in [-0.39, 0.29) is 6.04 Å². The Morgan fingerprint density at radius 3 is 2.67 bits per heavy atom. The molecule has 18 heavy (non-hydrogen) atoms. The Morgan fingerprint density at radius 1 is 1.39 bits per heavy atom. The van der Waals surface area contributed by atoms with E-state index in [4.69, 9.17) is 10.8 Å². The van der Waals surface area contributed by atoms with E-state index in [0.29, 0.717) is 17.8 Å². The lowest BCUT2D eigenvalue weighted by molar-refractivity contribution is -0.140. The molecule has 4 N–H and O–H groups in total. The molecule has 1 aliphatic rings. The van der Waals surface area contributed by atoms with Crippen molar-refractivity contribution >= 4 is 17.7 Å². The highest BCUT2D eigenvalue weighted by Gasteiger charge is 2.24. The maximum Gasteiger partial charge on any atom is 0.310 e. The summed E-state index contributed by atoms with van der Waals surface area (Å²) in [5.74, 6) is -1.22. The van der Waals surface area contributed by atoms with Crippen molar-refractivity contribution in [3.05, 3.63) is 36.0 Å². The fourth-order valence-corrected chi connectivity index (χ4v) is 1.80. The van der Waals surface area contributed by atoms with Gasteiger partial charge in [0.2, 0.25) is 5.91 Å². The summed E-state index contributed by atoms with van der Waals surface area (Å²) in [5.41, 5.74) is 5.44. The fraction of sp³-hybridized carbons (Fsp3) is 0.250. The molecular formula is C12H13N3O3. The van der Waals surface area contributed by atoms with E-state index < -0.39 is 17.8 Å². The average molecular weight is 247 g/mol. The molecule has 2 unspecified atom stereocenters. The third kappa shape index (κ3) is 2.65. The van der Waals surface area contributed by atoms with E-state index in [1.54, 1.807) is 18.2 Å². The van der Waals surface area contributed by atoms with Crippen LogP contribution < -0.4 is 11.1 Å². The molecule has 0 spiro atoms. The second kappa shape index (κ2) is 4.87. The van der Waals surface area contributed by atoms with Crippen molar-refractivity contribution in [1.29, 1.82) is 0 Å². The van der Waals surface area contributed by atoms with Gasteiger partial charge in [0.05, 0.1) is 11.5 Å². The van der Waals surface area contributed by atoms with Gasteiger partial charge in [-0.3, -0.25) is 9.59 Å². The Balaban J connectivity index is 1.97. The van der Waals surface area contributed by atoms with Crippen LogP contribution in [0.25, 0.3) is 0 Å². The number of nitrogens with one attached hydrogen (secondary N) is 1. The van der Waals surface area contributed by atoms with Gasteiger partial charge in [0.15, 0.2) is 0 Å². The van der Waals surface area contributed by atoms with Gasteiger partial charge in [-0.05, 0) is 18.6 Å². The number of aromatic nitrogens is 1. The first-order valence-corrected chi connectivity index (χ1v) is 5.50. The number of carbonyl (C=O) groups excluding carboxylic acids is 1. The SMILES string of the molecule is NC(=O)c1ccc(NC2C=CC(C(=O)O)C2)nc1. The van der Waals surface area contributed by atoms with Gasteiger partial charge in [0, 0.05) is 12.2 Å². The average Bonchev–Trinajstić information content (AvgIpc) is 2.78. The number of carbonyl (C=O) groups is 2. The molecule has 1 aliphatic carbocycles. The quantitative estimate of drug-likeness (QED) is 0.676. The highest BCUT2D eigenvalue weighted by atomic mass is 16.4. The molecule has 2 rings (SSSR count). The van der Waals surface area contributed by atoms with Gasteiger partial charge in [-0.2, -0.15) is 0 Å². The van der Waals surface area contributed by atoms with Crippen LogP contribution in [-0.2, 0) is 4.79 Å². The van der Waals surface area contributed by atoms with Crippen LogP contribution in [0, 0.1) is 5.92 Å². The summed E-state index contributed by atoms with van der Waals surface area (Å²) in [7, 11) is 0. The first-order chi connectivity index (χ1) is 8.56. The number of hydrogen-bond acceptors (Lipinski definition) is 4. The largest absolute Gasteiger partial charge is 0.481 e. The Morgan fingerprint density at radius 2 is 2.17 bits per heavy atom. The van der Waals surface area contributed by atoms with Crippen LogP contribution in [0.1, 0.15) is 16.8 Å². The number of pyridine rings is 1. The smallest absolute Gasteiger partial charge is 0.310 e. The molecule has 94 valence electrons. The van der Waals surface area contributed by atoms with E-state index in [9.17, 15) is 9.59 Å². The van der Waals surface area contributed by atoms with Gasteiger partial charge in [-0.15, -0.1) is 0 Å². The number of carboxylic acids is 1. The Kier molecular flexibility index (Phi) is 3.27. The molecule has 1 aromatic rings. The molecular weight excluding hydrogens is 234 g/mol. The number of hydrogen-bond donors (Lipinski definition) is 3. The van der Waals surface area contributed by atoms with E-state index in [0.717, 1.165) is 0 Å². The summed E-state index contributed by atoms with van der Waals surface area (Å²) in [5, 5.41) is 11.9. The number of aliphatic carboxylic acids is 1. The number of anilines is 1. The number of nitrogens with zero attached hydrogens (tertiary/aromatic N) is 1. The van der Waals surface area contributed by atoms with Gasteiger partial charge in [0.25, 0.3) is 0 Å². The van der Waals surface area contributed by atoms with Crippen molar-refractivity contribution in [2.24, 2.45) is 11.7 Å². The predicted octanol–water partition coefficient (Wildman–Crippen LogP) is 0.622. The lowest BCUT2D eigenvalue weighted by Gasteiger charge is -2.12. The number of carboxylic acid groups (broad SMARTS) is 1. The fourth-order valence-electron chi connectivity index (χ4n) is 1.80. The summed E-state index contributed by atoms with van der Waals surface area (Å²) >= 11 is 0. The Hall–Kier alpha value is -2.37. The molecule has 0 saturated carbocycles. The zero-order valence-electron chi connectivity index (χ0n) is 9.54. The van der Waals surface area contributed by atoms with Gasteiger partial charge in [-0.1, -0.05) is 12.2 Å². The maximum absolute atomic E-state index is 10.9. The van der Waals surface area contributed by atoms with Crippen molar-refractivity contribution in [2.45, 2.75) is 12.5 Å². The predicted molar refractivity (Wildman–Crippen MR) is 65.0 cm³/mol. The van der Waals surface area contributed by atoms with Gasteiger partial charge >= 0.3 is 5.97 Å². The van der Waals surface area contributed by atoms with Gasteiger partial charge in [-0.25, -0.2) is 4.98 Å². The monoisotopic (exact) mass is 247 g/mol. The molecule has 0 aliphatic heterocycles. The number of primary amides is 1. The van der Waals surface area contributed by atoms with Crippen LogP contribution in [0.15, 0.2) is 30.5 Å². The topological polar surface area (TPSA) is 105 Å². The lowest BCUT2D eigenvalue weighted by Crippen LogP contribution is -2.19. The zero-order valence-corrected chi connectivity index (χ0v) is 9.54. The molecule has 6 nitrogen and oxygen atoms in total. The summed E-state index contributed by atoms with van der Waals surface area (Å²) in [6.07, 6.45) is 5.35. The van der Waals surface area contributed by atoms with Gasteiger partial charge < -0.3 is 16.2 Å². The minimum Gasteiger partial charge on any atom is -0.481 e. The molecule has 0 fully saturated rings. The van der Waals surface area contributed by atoms with Crippen molar-refractivity contribution in [2.75, 3.05) is 5.32 Å². The van der Waals surface area contributed by atoms with Crippen molar-refractivity contribution in [1.82, 2.24) is 4.98 Å². The molecule has 6 heteroatoms. The molecule has 0 bridgehead atoms. The molecule has 0 aromatic carbocycles. The summed E-state index contributed by atoms with van der Waals surface area (Å²) in [6.45, 7) is 0. The molecule has 0 saturated heterocycles. The second-order valence-electron chi connectivity index (χ2n) is 4.11. The van der Waals surface area contributed by atoms with Crippen LogP contribution >= 0.6 is 0 Å². The second-order valence-corrected chi connectivity index (χ2v) is 4.11. The molecule has 2 atom stereocenters. The number of rotatable bonds is 4. The van der Waals surface area contributed by atoms with Crippen molar-refractivity contribution < 1.29 is 14.7 Å². The van der Waals surface area contributed by atoms with Crippen LogP contribution in [0.3, 0.4) is 0 Å². The third-order valence-electron chi connectivity index (χ3n) is 2.78. The van der Waals surface area contributed by atoms with E-state index in [1.165, 1.54) is 6.20 Å². The number of amides is 1. The normalized spacial score (nSPS) is 21.8. The van der Waals surface area contributed by atoms with Gasteiger partial charge in [0.1, 0.15) is 5.82 Å². The molecule has 1 amide bonds. The highest BCUT2D eigenvalue weighted by molar-refractivity contribution is 5.92. The lowest BCUT2D eigenvalue weighted by atomic mass is 10.1. The Bertz CT molecular complexity index is 496. The van der Waals surface area contributed by atoms with Crippen LogP contribution in [0.2, 0.25) is 0 Å². The minimum absolute atomic E-state index is 0.0574.